The maximum Gasteiger partial charge on any atom is 0.257 e. The van der Waals surface area contributed by atoms with Crippen molar-refractivity contribution < 1.29 is 9.32 Å². The molecule has 5 nitrogen and oxygen atoms in total. The van der Waals surface area contributed by atoms with Crippen LogP contribution in [-0.2, 0) is 6.54 Å². The molecule has 0 aliphatic carbocycles. The van der Waals surface area contributed by atoms with Crippen molar-refractivity contribution in [2.24, 2.45) is 0 Å². The van der Waals surface area contributed by atoms with E-state index in [1.807, 2.05) is 37.4 Å². The number of pyridine rings is 1. The predicted octanol–water partition coefficient (Wildman–Crippen LogP) is 4.24. The molecule has 0 bridgehead atoms. The summed E-state index contributed by atoms with van der Waals surface area (Å²) in [5.74, 6) is 0.127. The number of thiophene rings is 1. The molecule has 0 saturated carbocycles. The highest BCUT2D eigenvalue weighted by atomic mass is 32.1. The number of rotatable bonds is 6. The third-order valence-electron chi connectivity index (χ3n) is 3.71. The molecule has 0 saturated heterocycles. The second kappa shape index (κ2) is 6.97. The van der Waals surface area contributed by atoms with E-state index in [0.29, 0.717) is 24.4 Å². The second-order valence-electron chi connectivity index (χ2n) is 5.85. The van der Waals surface area contributed by atoms with Crippen LogP contribution in [0.1, 0.15) is 40.7 Å². The zero-order chi connectivity index (χ0) is 17.1. The topological polar surface area (TPSA) is 59.2 Å². The summed E-state index contributed by atoms with van der Waals surface area (Å²) in [7, 11) is 0. The molecular weight excluding hydrogens is 322 g/mol. The van der Waals surface area contributed by atoms with Crippen molar-refractivity contribution in [3.63, 3.8) is 0 Å². The van der Waals surface area contributed by atoms with Crippen LogP contribution in [0.3, 0.4) is 0 Å². The van der Waals surface area contributed by atoms with Gasteiger partial charge in [-0.1, -0.05) is 31.1 Å². The lowest BCUT2D eigenvalue weighted by atomic mass is 10.1. The van der Waals surface area contributed by atoms with E-state index >= 15 is 0 Å². The number of hydrogen-bond acceptors (Lipinski definition) is 5. The molecule has 0 aliphatic heterocycles. The van der Waals surface area contributed by atoms with E-state index in [4.69, 9.17) is 4.52 Å². The van der Waals surface area contributed by atoms with Gasteiger partial charge in [0.25, 0.3) is 11.6 Å². The molecule has 3 aromatic heterocycles. The number of aromatic nitrogens is 2. The molecule has 0 N–H and O–H groups in total. The summed E-state index contributed by atoms with van der Waals surface area (Å²) in [4.78, 5) is 20.0. The molecule has 0 fully saturated rings. The van der Waals surface area contributed by atoms with Gasteiger partial charge in [0.2, 0.25) is 0 Å². The summed E-state index contributed by atoms with van der Waals surface area (Å²) >= 11 is 1.63. The summed E-state index contributed by atoms with van der Waals surface area (Å²) in [6.45, 7) is 8.86. The van der Waals surface area contributed by atoms with Crippen LogP contribution in [-0.4, -0.2) is 27.5 Å². The van der Waals surface area contributed by atoms with Crippen molar-refractivity contribution in [2.75, 3.05) is 6.54 Å². The van der Waals surface area contributed by atoms with Crippen LogP contribution in [0.4, 0.5) is 0 Å². The van der Waals surface area contributed by atoms with Gasteiger partial charge in [-0.15, -0.1) is 17.9 Å². The van der Waals surface area contributed by atoms with E-state index < -0.39 is 0 Å². The molecular formula is C18H19N3O2S. The highest BCUT2D eigenvalue weighted by molar-refractivity contribution is 7.09. The van der Waals surface area contributed by atoms with Gasteiger partial charge >= 0.3 is 0 Å². The van der Waals surface area contributed by atoms with Crippen LogP contribution in [0.25, 0.3) is 11.1 Å². The van der Waals surface area contributed by atoms with Gasteiger partial charge in [0.1, 0.15) is 0 Å². The zero-order valence-electron chi connectivity index (χ0n) is 13.7. The Morgan fingerprint density at radius 2 is 2.33 bits per heavy atom. The fourth-order valence-corrected chi connectivity index (χ4v) is 3.25. The van der Waals surface area contributed by atoms with E-state index in [0.717, 1.165) is 16.0 Å². The number of carbonyl (C=O) groups excluding carboxylic acids is 1. The van der Waals surface area contributed by atoms with E-state index in [1.165, 1.54) is 0 Å². The van der Waals surface area contributed by atoms with E-state index in [2.05, 4.69) is 16.7 Å². The number of amides is 1. The molecule has 0 unspecified atom stereocenters. The number of nitrogens with zero attached hydrogens (tertiary/aromatic N) is 3. The van der Waals surface area contributed by atoms with Gasteiger partial charge in [-0.3, -0.25) is 4.79 Å². The molecule has 0 aliphatic rings. The molecule has 124 valence electrons. The highest BCUT2D eigenvalue weighted by Crippen LogP contribution is 2.25. The SMILES string of the molecule is C=CCN(Cc1cccs1)C(=O)c1cnc2onc(C(C)C)c2c1. The van der Waals surface area contributed by atoms with Crippen molar-refractivity contribution in [3.8, 4) is 0 Å². The van der Waals surface area contributed by atoms with Gasteiger partial charge < -0.3 is 9.42 Å². The van der Waals surface area contributed by atoms with Crippen molar-refractivity contribution in [3.05, 3.63) is 58.6 Å². The lowest BCUT2D eigenvalue weighted by Crippen LogP contribution is -2.30. The van der Waals surface area contributed by atoms with Crippen molar-refractivity contribution >= 4 is 28.3 Å². The normalized spacial score (nSPS) is 11.1. The first-order valence-corrected chi connectivity index (χ1v) is 8.66. The number of hydrogen-bond donors (Lipinski definition) is 0. The summed E-state index contributed by atoms with van der Waals surface area (Å²) in [5.41, 5.74) is 1.82. The first kappa shape index (κ1) is 16.4. The molecule has 1 amide bonds. The highest BCUT2D eigenvalue weighted by Gasteiger charge is 2.19. The third-order valence-corrected chi connectivity index (χ3v) is 4.58. The quantitative estimate of drug-likeness (QED) is 0.629. The summed E-state index contributed by atoms with van der Waals surface area (Å²) in [6, 6.07) is 5.82. The van der Waals surface area contributed by atoms with Crippen LogP contribution in [0, 0.1) is 0 Å². The van der Waals surface area contributed by atoms with Crippen molar-refractivity contribution in [2.45, 2.75) is 26.3 Å². The average molecular weight is 341 g/mol. The molecule has 3 rings (SSSR count). The smallest absolute Gasteiger partial charge is 0.257 e. The average Bonchev–Trinajstić information content (AvgIpc) is 3.22. The zero-order valence-corrected chi connectivity index (χ0v) is 14.5. The summed E-state index contributed by atoms with van der Waals surface area (Å²) < 4.78 is 5.24. The molecule has 24 heavy (non-hydrogen) atoms. The molecule has 0 atom stereocenters. The number of fused-ring (bicyclic) bond motifs is 1. The Bertz CT molecular complexity index is 852. The standard InChI is InChI=1S/C18H19N3O2S/c1-4-7-21(11-14-6-5-8-24-14)18(22)13-9-15-16(12(2)3)20-23-17(15)19-10-13/h4-6,8-10,12H,1,7,11H2,2-3H3. The van der Waals surface area contributed by atoms with Crippen LogP contribution in [0.5, 0.6) is 0 Å². The van der Waals surface area contributed by atoms with Crippen LogP contribution in [0.2, 0.25) is 0 Å². The van der Waals surface area contributed by atoms with Crippen LogP contribution >= 0.6 is 11.3 Å². The molecule has 3 heterocycles. The Morgan fingerprint density at radius 3 is 3.00 bits per heavy atom. The maximum atomic E-state index is 12.9. The van der Waals surface area contributed by atoms with Gasteiger partial charge in [0.15, 0.2) is 0 Å². The Kier molecular flexibility index (Phi) is 4.76. The monoisotopic (exact) mass is 341 g/mol. The van der Waals surface area contributed by atoms with Gasteiger partial charge in [-0.2, -0.15) is 0 Å². The van der Waals surface area contributed by atoms with E-state index in [-0.39, 0.29) is 11.8 Å². The lowest BCUT2D eigenvalue weighted by Gasteiger charge is -2.20. The molecule has 6 heteroatoms. The Hall–Kier alpha value is -2.47. The number of carbonyl (C=O) groups is 1. The minimum absolute atomic E-state index is 0.0754. The van der Waals surface area contributed by atoms with Crippen molar-refractivity contribution in [1.82, 2.24) is 15.0 Å². The van der Waals surface area contributed by atoms with Crippen molar-refractivity contribution in [1.29, 1.82) is 0 Å². The minimum Gasteiger partial charge on any atom is -0.336 e. The Morgan fingerprint density at radius 1 is 1.50 bits per heavy atom. The fourth-order valence-electron chi connectivity index (χ4n) is 2.53. The molecule has 3 aromatic rings. The lowest BCUT2D eigenvalue weighted by molar-refractivity contribution is 0.0764. The molecule has 0 aromatic carbocycles. The minimum atomic E-state index is -0.0754. The molecule has 0 radical (unpaired) electrons. The summed E-state index contributed by atoms with van der Waals surface area (Å²) in [5, 5.41) is 6.86. The van der Waals surface area contributed by atoms with Crippen LogP contribution < -0.4 is 0 Å². The van der Waals surface area contributed by atoms with E-state index in [9.17, 15) is 4.79 Å². The third kappa shape index (κ3) is 3.23. The predicted molar refractivity (Wildman–Crippen MR) is 95.1 cm³/mol. The van der Waals surface area contributed by atoms with E-state index in [1.54, 1.807) is 28.5 Å². The molecule has 0 spiro atoms. The first-order valence-electron chi connectivity index (χ1n) is 7.78. The van der Waals surface area contributed by atoms with Gasteiger partial charge in [0, 0.05) is 17.6 Å². The fraction of sp³-hybridized carbons (Fsp3) is 0.278. The Labute approximate surface area is 144 Å². The first-order chi connectivity index (χ1) is 11.6. The van der Waals surface area contributed by atoms with Gasteiger partial charge in [-0.05, 0) is 23.4 Å². The largest absolute Gasteiger partial charge is 0.336 e. The summed E-state index contributed by atoms with van der Waals surface area (Å²) in [6.07, 6.45) is 3.28. The van der Waals surface area contributed by atoms with Gasteiger partial charge in [-0.25, -0.2) is 4.98 Å². The van der Waals surface area contributed by atoms with Crippen LogP contribution in [0.15, 0.2) is 47.0 Å². The maximum absolute atomic E-state index is 12.9. The Balaban J connectivity index is 1.92. The second-order valence-corrected chi connectivity index (χ2v) is 6.89. The van der Waals surface area contributed by atoms with Gasteiger partial charge in [0.05, 0.1) is 23.2 Å².